The van der Waals surface area contributed by atoms with Crippen LogP contribution in [0.1, 0.15) is 54.6 Å². The summed E-state index contributed by atoms with van der Waals surface area (Å²) in [4.78, 5) is 40.8. The molecule has 6 aromatic rings. The molecule has 6 rings (SSSR count). The fourth-order valence-corrected chi connectivity index (χ4v) is 8.29. The molecule has 24 heteroatoms. The summed E-state index contributed by atoms with van der Waals surface area (Å²) in [6.45, 7) is 0. The van der Waals surface area contributed by atoms with Crippen LogP contribution in [0.4, 0.5) is 43.5 Å². The Bertz CT molecular complexity index is 2980. The number of pyridine rings is 4. The van der Waals surface area contributed by atoms with Crippen molar-refractivity contribution in [2.75, 3.05) is 15.2 Å². The number of halogens is 9. The summed E-state index contributed by atoms with van der Waals surface area (Å²) >= 11 is 17.6. The Balaban J connectivity index is 1.29. The van der Waals surface area contributed by atoms with Crippen molar-refractivity contribution >= 4 is 83.6 Å². The molecule has 0 radical (unpaired) electrons. The predicted molar refractivity (Wildman–Crippen MR) is 211 cm³/mol. The number of carbonyl (C=O) groups is 2. The number of carbonyl (C=O) groups excluding carboxylic acids is 2. The summed E-state index contributed by atoms with van der Waals surface area (Å²) < 4.78 is 141. The van der Waals surface area contributed by atoms with Crippen molar-refractivity contribution in [1.82, 2.24) is 19.9 Å². The Labute approximate surface area is 356 Å². The Morgan fingerprint density at radius 2 is 1.20 bits per heavy atom. The number of nitrogens with two attached hydrogens (primary N) is 1. The minimum Gasteiger partial charge on any atom is -0.384 e. The fourth-order valence-electron chi connectivity index (χ4n) is 5.58. The van der Waals surface area contributed by atoms with Gasteiger partial charge in [0.05, 0.1) is 47.4 Å². The highest BCUT2D eigenvalue weighted by Crippen LogP contribution is 2.38. The van der Waals surface area contributed by atoms with E-state index in [1.807, 2.05) is 4.72 Å². The highest BCUT2D eigenvalue weighted by molar-refractivity contribution is 7.93. The van der Waals surface area contributed by atoms with Gasteiger partial charge in [-0.1, -0.05) is 46.9 Å². The Hall–Kier alpha value is -5.87. The first-order valence-electron chi connectivity index (χ1n) is 16.6. The van der Waals surface area contributed by atoms with Crippen molar-refractivity contribution < 1.29 is 52.8 Å². The topological polar surface area (TPSA) is 204 Å². The van der Waals surface area contributed by atoms with E-state index >= 15 is 0 Å². The molecule has 0 bridgehead atoms. The van der Waals surface area contributed by atoms with Gasteiger partial charge in [0.15, 0.2) is 0 Å². The second-order valence-electron chi connectivity index (χ2n) is 12.6. The number of benzene rings is 2. The molecule has 0 amide bonds. The summed E-state index contributed by atoms with van der Waals surface area (Å²) in [5, 5.41) is -1.09. The number of anilines is 3. The van der Waals surface area contributed by atoms with Gasteiger partial charge in [-0.25, -0.2) is 36.8 Å². The Morgan fingerprint density at radius 1 is 0.656 bits per heavy atom. The van der Waals surface area contributed by atoms with Crippen LogP contribution < -0.4 is 15.2 Å². The maximum absolute atomic E-state index is 14.5. The molecule has 2 aromatic carbocycles. The smallest absolute Gasteiger partial charge is 0.384 e. The molecule has 0 aliphatic carbocycles. The van der Waals surface area contributed by atoms with Crippen molar-refractivity contribution in [1.29, 1.82) is 0 Å². The van der Waals surface area contributed by atoms with E-state index in [0.717, 1.165) is 48.8 Å². The van der Waals surface area contributed by atoms with Crippen LogP contribution in [-0.4, -0.2) is 48.3 Å². The number of nitrogens with zero attached hydrogens (tertiary/aromatic N) is 4. The second kappa shape index (κ2) is 16.9. The molecule has 4 aromatic heterocycles. The number of alkyl halides is 6. The predicted octanol–water partition coefficient (Wildman–Crippen LogP) is 8.50. The number of nitrogens with one attached hydrogen (secondary N) is 2. The highest BCUT2D eigenvalue weighted by atomic mass is 35.5. The van der Waals surface area contributed by atoms with Gasteiger partial charge in [0, 0.05) is 36.3 Å². The average molecular weight is 945 g/mol. The lowest BCUT2D eigenvalue weighted by Crippen LogP contribution is -2.19. The number of ketones is 2. The summed E-state index contributed by atoms with van der Waals surface area (Å²) in [6.07, 6.45) is -7.55. The van der Waals surface area contributed by atoms with Gasteiger partial charge in [-0.05, 0) is 72.3 Å². The van der Waals surface area contributed by atoms with Crippen LogP contribution in [0, 0.1) is 0 Å². The van der Waals surface area contributed by atoms with E-state index in [1.165, 1.54) is 30.5 Å². The number of nitrogen functional groups attached to an aromatic ring is 1. The van der Waals surface area contributed by atoms with Gasteiger partial charge in [0.25, 0.3) is 20.0 Å². The first kappa shape index (κ1) is 44.7. The van der Waals surface area contributed by atoms with E-state index in [0.29, 0.717) is 12.1 Å². The maximum atomic E-state index is 14.5. The van der Waals surface area contributed by atoms with Crippen LogP contribution in [0.2, 0.25) is 15.1 Å². The van der Waals surface area contributed by atoms with Gasteiger partial charge >= 0.3 is 12.4 Å². The molecule has 61 heavy (non-hydrogen) atoms. The van der Waals surface area contributed by atoms with Crippen LogP contribution in [-0.2, 0) is 38.8 Å². The molecule has 0 aliphatic heterocycles. The van der Waals surface area contributed by atoms with Gasteiger partial charge in [-0.15, -0.1) is 0 Å². The van der Waals surface area contributed by atoms with Crippen LogP contribution in [0.3, 0.4) is 0 Å². The standard InChI is InChI=1S/C37H22Cl3F6N7O6S2/c38-20-12-29(32(49-16-20)34(54)19-8-9-48-31(47)11-19)52-60(56,57)23-5-4-18(25(14-23)36(41,42)43)10-22-2-1-3-28(51-22)35(55)33-30(13-21(39)17-50-33)53-61(58,59)24-6-7-27(40)26(15-24)37(44,45)46/h1-9,11-17,52-53H,10H2,(H2,47,48). The van der Waals surface area contributed by atoms with Gasteiger partial charge < -0.3 is 5.73 Å². The molecule has 0 fully saturated rings. The molecule has 4 N–H and O–H groups in total. The van der Waals surface area contributed by atoms with Crippen molar-refractivity contribution in [3.63, 3.8) is 0 Å². The third kappa shape index (κ3) is 10.2. The first-order chi connectivity index (χ1) is 28.4. The minimum absolute atomic E-state index is 0.0273. The number of sulfonamides is 2. The Morgan fingerprint density at radius 3 is 1.75 bits per heavy atom. The third-order valence-electron chi connectivity index (χ3n) is 8.33. The van der Waals surface area contributed by atoms with Crippen molar-refractivity contribution in [3.05, 3.63) is 158 Å². The zero-order valence-electron chi connectivity index (χ0n) is 30.0. The van der Waals surface area contributed by atoms with Crippen LogP contribution in [0.15, 0.2) is 107 Å². The van der Waals surface area contributed by atoms with E-state index in [2.05, 4.69) is 24.7 Å². The first-order valence-corrected chi connectivity index (χ1v) is 20.7. The molecule has 0 unspecified atom stereocenters. The molecule has 316 valence electrons. The quantitative estimate of drug-likeness (QED) is 0.0784. The van der Waals surface area contributed by atoms with Crippen molar-refractivity contribution in [2.45, 2.75) is 28.6 Å². The third-order valence-corrected chi connectivity index (χ3v) is 11.8. The van der Waals surface area contributed by atoms with Crippen LogP contribution in [0.5, 0.6) is 0 Å². The summed E-state index contributed by atoms with van der Waals surface area (Å²) in [5.41, 5.74) is -0.449. The average Bonchev–Trinajstić information content (AvgIpc) is 3.16. The molecule has 4 heterocycles. The van der Waals surface area contributed by atoms with Gasteiger partial charge in [-0.2, -0.15) is 26.3 Å². The lowest BCUT2D eigenvalue weighted by Gasteiger charge is -2.16. The highest BCUT2D eigenvalue weighted by Gasteiger charge is 2.36. The van der Waals surface area contributed by atoms with Gasteiger partial charge in [-0.3, -0.25) is 19.0 Å². The molecule has 0 spiro atoms. The zero-order chi connectivity index (χ0) is 44.7. The second-order valence-corrected chi connectivity index (χ2v) is 17.2. The largest absolute Gasteiger partial charge is 0.417 e. The monoisotopic (exact) mass is 943 g/mol. The molecule has 13 nitrogen and oxygen atoms in total. The van der Waals surface area contributed by atoms with Crippen LogP contribution >= 0.6 is 34.8 Å². The molecule has 0 saturated heterocycles. The fraction of sp³-hybridized carbons (Fsp3) is 0.0811. The van der Waals surface area contributed by atoms with E-state index in [-0.39, 0.29) is 33.2 Å². The maximum Gasteiger partial charge on any atom is 0.417 e. The number of rotatable bonds is 12. The molecule has 0 atom stereocenters. The number of aromatic nitrogens is 4. The molecule has 0 saturated carbocycles. The van der Waals surface area contributed by atoms with E-state index in [1.54, 1.807) is 0 Å². The lowest BCUT2D eigenvalue weighted by atomic mass is 10.0. The number of hydrogen-bond acceptors (Lipinski definition) is 11. The minimum atomic E-state index is -5.14. The van der Waals surface area contributed by atoms with E-state index < -0.39 is 110 Å². The molecule has 0 aliphatic rings. The van der Waals surface area contributed by atoms with Crippen LogP contribution in [0.25, 0.3) is 0 Å². The Kier molecular flexibility index (Phi) is 12.4. The molecular weight excluding hydrogens is 923 g/mol. The molecular formula is C37H22Cl3F6N7O6S2. The van der Waals surface area contributed by atoms with Gasteiger partial charge in [0.2, 0.25) is 11.6 Å². The lowest BCUT2D eigenvalue weighted by molar-refractivity contribution is -0.138. The van der Waals surface area contributed by atoms with Crippen molar-refractivity contribution in [3.8, 4) is 0 Å². The van der Waals surface area contributed by atoms with Crippen molar-refractivity contribution in [2.24, 2.45) is 0 Å². The van der Waals surface area contributed by atoms with E-state index in [4.69, 9.17) is 40.5 Å². The number of hydrogen-bond donors (Lipinski definition) is 3. The summed E-state index contributed by atoms with van der Waals surface area (Å²) in [7, 11) is -9.72. The zero-order valence-corrected chi connectivity index (χ0v) is 33.9. The van der Waals surface area contributed by atoms with E-state index in [9.17, 15) is 52.8 Å². The summed E-state index contributed by atoms with van der Waals surface area (Å²) in [6, 6.07) is 11.9. The van der Waals surface area contributed by atoms with Gasteiger partial charge in [0.1, 0.15) is 22.9 Å². The normalized spacial score (nSPS) is 12.2. The SMILES string of the molecule is Nc1cc(C(=O)c2ncc(Cl)cc2NS(=O)(=O)c2ccc(Cc3cccc(C(=O)c4ncc(Cl)cc4NS(=O)(=O)c4ccc(Cl)c(C(F)(F)F)c4)n3)c(C(F)(F)F)c2)ccn1. The summed E-state index contributed by atoms with van der Waals surface area (Å²) in [5.74, 6) is -1.92.